The summed E-state index contributed by atoms with van der Waals surface area (Å²) >= 11 is 0. The molecule has 0 spiro atoms. The topological polar surface area (TPSA) is 0 Å². The van der Waals surface area contributed by atoms with Crippen LogP contribution in [0.15, 0.2) is 37.0 Å². The molecule has 0 heterocycles. The quantitative estimate of drug-likeness (QED) is 0.555. The van der Waals surface area contributed by atoms with Crippen molar-refractivity contribution in [1.82, 2.24) is 0 Å². The van der Waals surface area contributed by atoms with Crippen molar-refractivity contribution in [2.24, 2.45) is 11.3 Å². The fourth-order valence-corrected chi connectivity index (χ4v) is 2.00. The standard InChI is InChI=1S/C12H18/c1-4-11-9-7-8-10-12(11,5-2)6-3/h5,7-11H,2,4,6H2,1,3H3. The van der Waals surface area contributed by atoms with Gasteiger partial charge in [0.05, 0.1) is 0 Å². The Balaban J connectivity index is 2.91. The predicted molar refractivity (Wildman–Crippen MR) is 55.0 cm³/mol. The molecule has 0 fully saturated rings. The van der Waals surface area contributed by atoms with Crippen LogP contribution >= 0.6 is 0 Å². The molecule has 0 amide bonds. The van der Waals surface area contributed by atoms with Crippen LogP contribution in [-0.4, -0.2) is 0 Å². The zero-order valence-corrected chi connectivity index (χ0v) is 8.09. The Hall–Kier alpha value is -0.780. The highest BCUT2D eigenvalue weighted by atomic mass is 14.3. The number of hydrogen-bond acceptors (Lipinski definition) is 0. The van der Waals surface area contributed by atoms with Gasteiger partial charge in [-0.3, -0.25) is 0 Å². The van der Waals surface area contributed by atoms with Gasteiger partial charge in [0.15, 0.2) is 0 Å². The summed E-state index contributed by atoms with van der Waals surface area (Å²) in [6.07, 6.45) is 13.3. The SMILES string of the molecule is C=CC1(CC)C=CC=CC1CC. The molecule has 0 nitrogen and oxygen atoms in total. The highest BCUT2D eigenvalue weighted by Crippen LogP contribution is 2.39. The van der Waals surface area contributed by atoms with Gasteiger partial charge in [-0.05, 0) is 18.8 Å². The van der Waals surface area contributed by atoms with Gasteiger partial charge < -0.3 is 0 Å². The van der Waals surface area contributed by atoms with Crippen LogP contribution in [0.1, 0.15) is 26.7 Å². The molecular weight excluding hydrogens is 144 g/mol. The molecule has 12 heavy (non-hydrogen) atoms. The molecule has 0 heteroatoms. The van der Waals surface area contributed by atoms with Gasteiger partial charge in [-0.15, -0.1) is 6.58 Å². The van der Waals surface area contributed by atoms with Crippen molar-refractivity contribution in [2.75, 3.05) is 0 Å². The van der Waals surface area contributed by atoms with Crippen LogP contribution in [0.4, 0.5) is 0 Å². The average Bonchev–Trinajstić information content (AvgIpc) is 2.17. The van der Waals surface area contributed by atoms with Crippen LogP contribution in [0.25, 0.3) is 0 Å². The second-order valence-electron chi connectivity index (χ2n) is 3.43. The Kier molecular flexibility index (Phi) is 2.91. The zero-order valence-electron chi connectivity index (χ0n) is 8.09. The highest BCUT2D eigenvalue weighted by Gasteiger charge is 2.29. The van der Waals surface area contributed by atoms with Gasteiger partial charge in [-0.1, -0.05) is 44.2 Å². The van der Waals surface area contributed by atoms with Crippen molar-refractivity contribution in [3.05, 3.63) is 37.0 Å². The van der Waals surface area contributed by atoms with E-state index in [-0.39, 0.29) is 5.41 Å². The van der Waals surface area contributed by atoms with Crippen molar-refractivity contribution in [3.8, 4) is 0 Å². The summed E-state index contributed by atoms with van der Waals surface area (Å²) in [5.41, 5.74) is 0.226. The van der Waals surface area contributed by atoms with E-state index in [9.17, 15) is 0 Å². The maximum atomic E-state index is 3.94. The lowest BCUT2D eigenvalue weighted by Gasteiger charge is -2.34. The minimum Gasteiger partial charge on any atom is -0.102 e. The number of hydrogen-bond donors (Lipinski definition) is 0. The Bertz CT molecular complexity index is 210. The van der Waals surface area contributed by atoms with Crippen LogP contribution in [-0.2, 0) is 0 Å². The molecular formula is C12H18. The third-order valence-electron chi connectivity index (χ3n) is 2.98. The molecule has 0 aromatic heterocycles. The van der Waals surface area contributed by atoms with Crippen molar-refractivity contribution in [2.45, 2.75) is 26.7 Å². The van der Waals surface area contributed by atoms with Crippen molar-refractivity contribution in [3.63, 3.8) is 0 Å². The summed E-state index contributed by atoms with van der Waals surface area (Å²) in [5, 5.41) is 0. The maximum absolute atomic E-state index is 3.94. The number of allylic oxidation sites excluding steroid dienone is 5. The van der Waals surface area contributed by atoms with Gasteiger partial charge >= 0.3 is 0 Å². The minimum absolute atomic E-state index is 0.226. The Morgan fingerprint density at radius 3 is 2.58 bits per heavy atom. The van der Waals surface area contributed by atoms with E-state index in [4.69, 9.17) is 0 Å². The Morgan fingerprint density at radius 2 is 2.17 bits per heavy atom. The minimum atomic E-state index is 0.226. The molecule has 2 atom stereocenters. The molecule has 1 aliphatic carbocycles. The van der Waals surface area contributed by atoms with E-state index >= 15 is 0 Å². The van der Waals surface area contributed by atoms with Crippen LogP contribution in [0.3, 0.4) is 0 Å². The largest absolute Gasteiger partial charge is 0.102 e. The lowest BCUT2D eigenvalue weighted by Crippen LogP contribution is -2.25. The summed E-state index contributed by atoms with van der Waals surface area (Å²) in [5.74, 6) is 0.644. The first-order chi connectivity index (χ1) is 5.79. The molecule has 0 radical (unpaired) electrons. The Labute approximate surface area is 75.7 Å². The second kappa shape index (κ2) is 3.75. The van der Waals surface area contributed by atoms with Gasteiger partial charge in [0.2, 0.25) is 0 Å². The first-order valence-corrected chi connectivity index (χ1v) is 4.78. The summed E-state index contributed by atoms with van der Waals surface area (Å²) in [6, 6.07) is 0. The predicted octanol–water partition coefficient (Wildman–Crippen LogP) is 3.72. The van der Waals surface area contributed by atoms with E-state index in [1.165, 1.54) is 6.42 Å². The van der Waals surface area contributed by atoms with Gasteiger partial charge in [0.1, 0.15) is 0 Å². The van der Waals surface area contributed by atoms with Gasteiger partial charge in [-0.25, -0.2) is 0 Å². The molecule has 0 aromatic carbocycles. The first-order valence-electron chi connectivity index (χ1n) is 4.78. The molecule has 0 aliphatic heterocycles. The number of rotatable bonds is 3. The van der Waals surface area contributed by atoms with Gasteiger partial charge in [0.25, 0.3) is 0 Å². The fraction of sp³-hybridized carbons (Fsp3) is 0.500. The molecule has 2 unspecified atom stereocenters. The van der Waals surface area contributed by atoms with Crippen LogP contribution in [0.5, 0.6) is 0 Å². The molecule has 0 bridgehead atoms. The molecule has 0 saturated heterocycles. The maximum Gasteiger partial charge on any atom is 0.0122 e. The second-order valence-corrected chi connectivity index (χ2v) is 3.43. The fourth-order valence-electron chi connectivity index (χ4n) is 2.00. The summed E-state index contributed by atoms with van der Waals surface area (Å²) in [4.78, 5) is 0. The molecule has 1 rings (SSSR count). The van der Waals surface area contributed by atoms with Crippen LogP contribution in [0.2, 0.25) is 0 Å². The van der Waals surface area contributed by atoms with E-state index in [1.807, 2.05) is 0 Å². The molecule has 66 valence electrons. The first kappa shape index (κ1) is 9.31. The molecule has 0 N–H and O–H groups in total. The average molecular weight is 162 g/mol. The molecule has 0 aromatic rings. The van der Waals surface area contributed by atoms with E-state index in [0.717, 1.165) is 6.42 Å². The lowest BCUT2D eigenvalue weighted by molar-refractivity contribution is 0.332. The van der Waals surface area contributed by atoms with E-state index < -0.39 is 0 Å². The van der Waals surface area contributed by atoms with Gasteiger partial charge in [0, 0.05) is 5.41 Å². The van der Waals surface area contributed by atoms with Crippen molar-refractivity contribution < 1.29 is 0 Å². The lowest BCUT2D eigenvalue weighted by atomic mass is 9.70. The van der Waals surface area contributed by atoms with Gasteiger partial charge in [-0.2, -0.15) is 0 Å². The Morgan fingerprint density at radius 1 is 1.42 bits per heavy atom. The third kappa shape index (κ3) is 1.38. The third-order valence-corrected chi connectivity index (χ3v) is 2.98. The normalized spacial score (nSPS) is 33.7. The summed E-state index contributed by atoms with van der Waals surface area (Å²) < 4.78 is 0. The van der Waals surface area contributed by atoms with Crippen LogP contribution < -0.4 is 0 Å². The smallest absolute Gasteiger partial charge is 0.0122 e. The zero-order chi connectivity index (χ0) is 9.03. The summed E-state index contributed by atoms with van der Waals surface area (Å²) in [7, 11) is 0. The van der Waals surface area contributed by atoms with Crippen molar-refractivity contribution in [1.29, 1.82) is 0 Å². The van der Waals surface area contributed by atoms with E-state index in [1.54, 1.807) is 0 Å². The molecule has 1 aliphatic rings. The monoisotopic (exact) mass is 162 g/mol. The van der Waals surface area contributed by atoms with E-state index in [0.29, 0.717) is 5.92 Å². The summed E-state index contributed by atoms with van der Waals surface area (Å²) in [6.45, 7) is 8.41. The van der Waals surface area contributed by atoms with Crippen molar-refractivity contribution >= 4 is 0 Å². The van der Waals surface area contributed by atoms with E-state index in [2.05, 4.69) is 50.8 Å². The highest BCUT2D eigenvalue weighted by molar-refractivity contribution is 5.24. The molecule has 0 saturated carbocycles. The van der Waals surface area contributed by atoms with Crippen LogP contribution in [0, 0.1) is 11.3 Å².